The number of hydrogen-bond donors (Lipinski definition) is 1. The molecule has 0 amide bonds. The highest BCUT2D eigenvalue weighted by atomic mass is 16.5. The lowest BCUT2D eigenvalue weighted by molar-refractivity contribution is -0.145. The minimum Gasteiger partial charge on any atom is -0.479 e. The Morgan fingerprint density at radius 1 is 1.35 bits per heavy atom. The van der Waals surface area contributed by atoms with E-state index in [1.165, 1.54) is 0 Å². The number of carbonyl (C=O) groups is 1. The number of hydrogen-bond acceptors (Lipinski definition) is 3. The largest absolute Gasteiger partial charge is 0.479 e. The van der Waals surface area contributed by atoms with Gasteiger partial charge in [0.25, 0.3) is 0 Å². The highest BCUT2D eigenvalue weighted by molar-refractivity contribution is 5.72. The SMILES string of the molecule is CCC(Oc1ccc(CCOC)cc1)C(=O)O. The number of carboxylic acid groups (broad SMARTS) is 1. The van der Waals surface area contributed by atoms with E-state index < -0.39 is 12.1 Å². The second kappa shape index (κ2) is 6.91. The third kappa shape index (κ3) is 4.44. The van der Waals surface area contributed by atoms with E-state index in [0.29, 0.717) is 18.8 Å². The van der Waals surface area contributed by atoms with Crippen LogP contribution in [0.15, 0.2) is 24.3 Å². The third-order valence-corrected chi connectivity index (χ3v) is 2.44. The van der Waals surface area contributed by atoms with Crippen LogP contribution in [0.5, 0.6) is 5.75 Å². The summed E-state index contributed by atoms with van der Waals surface area (Å²) >= 11 is 0. The molecule has 4 heteroatoms. The fourth-order valence-corrected chi connectivity index (χ4v) is 1.43. The Hall–Kier alpha value is -1.55. The van der Waals surface area contributed by atoms with E-state index in [9.17, 15) is 4.79 Å². The Balaban J connectivity index is 2.58. The van der Waals surface area contributed by atoms with Crippen molar-refractivity contribution in [3.05, 3.63) is 29.8 Å². The van der Waals surface area contributed by atoms with Gasteiger partial charge in [0.2, 0.25) is 0 Å². The number of aliphatic carboxylic acids is 1. The predicted octanol–water partition coefficient (Wildman–Crippen LogP) is 2.12. The Morgan fingerprint density at radius 3 is 2.47 bits per heavy atom. The molecule has 17 heavy (non-hydrogen) atoms. The fraction of sp³-hybridized carbons (Fsp3) is 0.462. The van der Waals surface area contributed by atoms with Gasteiger partial charge >= 0.3 is 5.97 Å². The van der Waals surface area contributed by atoms with Crippen LogP contribution in [0.25, 0.3) is 0 Å². The summed E-state index contributed by atoms with van der Waals surface area (Å²) in [6, 6.07) is 7.42. The topological polar surface area (TPSA) is 55.8 Å². The van der Waals surface area contributed by atoms with Gasteiger partial charge in [-0.05, 0) is 30.5 Å². The van der Waals surface area contributed by atoms with Gasteiger partial charge in [-0.15, -0.1) is 0 Å². The Labute approximate surface area is 101 Å². The van der Waals surface area contributed by atoms with Gasteiger partial charge in [0.15, 0.2) is 6.10 Å². The van der Waals surface area contributed by atoms with Gasteiger partial charge in [0.05, 0.1) is 6.61 Å². The zero-order chi connectivity index (χ0) is 12.7. The molecule has 1 N–H and O–H groups in total. The first kappa shape index (κ1) is 13.5. The van der Waals surface area contributed by atoms with E-state index >= 15 is 0 Å². The minimum absolute atomic E-state index is 0.445. The van der Waals surface area contributed by atoms with E-state index in [2.05, 4.69) is 0 Å². The zero-order valence-corrected chi connectivity index (χ0v) is 10.2. The molecule has 1 atom stereocenters. The molecule has 0 saturated carbocycles. The Bertz CT molecular complexity index is 345. The average molecular weight is 238 g/mol. The molecule has 1 rings (SSSR count). The van der Waals surface area contributed by atoms with Gasteiger partial charge in [0.1, 0.15) is 5.75 Å². The van der Waals surface area contributed by atoms with Crippen molar-refractivity contribution in [2.24, 2.45) is 0 Å². The van der Waals surface area contributed by atoms with Crippen molar-refractivity contribution < 1.29 is 19.4 Å². The van der Waals surface area contributed by atoms with Gasteiger partial charge < -0.3 is 14.6 Å². The maximum absolute atomic E-state index is 10.8. The quantitative estimate of drug-likeness (QED) is 0.790. The molecule has 0 fully saturated rings. The average Bonchev–Trinajstić information content (AvgIpc) is 2.34. The van der Waals surface area contributed by atoms with Crippen LogP contribution in [0, 0.1) is 0 Å². The van der Waals surface area contributed by atoms with Crippen LogP contribution in [0.2, 0.25) is 0 Å². The van der Waals surface area contributed by atoms with Crippen molar-refractivity contribution in [3.8, 4) is 5.75 Å². The monoisotopic (exact) mass is 238 g/mol. The molecule has 0 radical (unpaired) electrons. The second-order valence-electron chi connectivity index (χ2n) is 3.74. The molecule has 0 aliphatic carbocycles. The van der Waals surface area contributed by atoms with Crippen LogP contribution in [-0.2, 0) is 16.0 Å². The van der Waals surface area contributed by atoms with Crippen molar-refractivity contribution in [1.29, 1.82) is 0 Å². The number of rotatable bonds is 7. The van der Waals surface area contributed by atoms with Crippen LogP contribution in [0.4, 0.5) is 0 Å². The van der Waals surface area contributed by atoms with E-state index in [1.54, 1.807) is 26.2 Å². The summed E-state index contributed by atoms with van der Waals surface area (Å²) in [6.07, 6.45) is 0.507. The lowest BCUT2D eigenvalue weighted by Crippen LogP contribution is -2.25. The molecule has 0 heterocycles. The highest BCUT2D eigenvalue weighted by Gasteiger charge is 2.16. The van der Waals surface area contributed by atoms with Crippen molar-refractivity contribution in [2.45, 2.75) is 25.9 Å². The van der Waals surface area contributed by atoms with Crippen LogP contribution >= 0.6 is 0 Å². The molecule has 0 bridgehead atoms. The van der Waals surface area contributed by atoms with Gasteiger partial charge in [-0.2, -0.15) is 0 Å². The normalized spacial score (nSPS) is 12.1. The number of methoxy groups -OCH3 is 1. The standard InChI is InChI=1S/C13H18O4/c1-3-12(13(14)15)17-11-6-4-10(5-7-11)8-9-16-2/h4-7,12H,3,8-9H2,1-2H3,(H,14,15). The van der Waals surface area contributed by atoms with E-state index in [0.717, 1.165) is 12.0 Å². The molecule has 0 aliphatic heterocycles. The third-order valence-electron chi connectivity index (χ3n) is 2.44. The highest BCUT2D eigenvalue weighted by Crippen LogP contribution is 2.15. The molecule has 1 aromatic carbocycles. The van der Waals surface area contributed by atoms with Gasteiger partial charge in [-0.1, -0.05) is 19.1 Å². The molecule has 1 unspecified atom stereocenters. The lowest BCUT2D eigenvalue weighted by Gasteiger charge is -2.13. The molecule has 0 spiro atoms. The number of carboxylic acids is 1. The molecule has 94 valence electrons. The summed E-state index contributed by atoms with van der Waals surface area (Å²) in [5.41, 5.74) is 1.14. The zero-order valence-electron chi connectivity index (χ0n) is 10.2. The second-order valence-corrected chi connectivity index (χ2v) is 3.74. The van der Waals surface area contributed by atoms with Crippen LogP contribution < -0.4 is 4.74 Å². The van der Waals surface area contributed by atoms with E-state index in [1.807, 2.05) is 12.1 Å². The maximum Gasteiger partial charge on any atom is 0.344 e. The number of benzene rings is 1. The molecule has 0 aromatic heterocycles. The summed E-state index contributed by atoms with van der Waals surface area (Å²) in [4.78, 5) is 10.8. The summed E-state index contributed by atoms with van der Waals surface area (Å²) in [6.45, 7) is 2.46. The van der Waals surface area contributed by atoms with Gasteiger partial charge in [-0.25, -0.2) is 4.79 Å². The Morgan fingerprint density at radius 2 is 2.00 bits per heavy atom. The van der Waals surface area contributed by atoms with Crippen molar-refractivity contribution in [3.63, 3.8) is 0 Å². The molecular weight excluding hydrogens is 220 g/mol. The summed E-state index contributed by atoms with van der Waals surface area (Å²) in [5.74, 6) is -0.351. The van der Waals surface area contributed by atoms with Crippen LogP contribution in [0.1, 0.15) is 18.9 Å². The van der Waals surface area contributed by atoms with E-state index in [-0.39, 0.29) is 0 Å². The summed E-state index contributed by atoms with van der Waals surface area (Å²) in [5, 5.41) is 8.86. The number of ether oxygens (including phenoxy) is 2. The van der Waals surface area contributed by atoms with Crippen molar-refractivity contribution in [2.75, 3.05) is 13.7 Å². The molecule has 0 saturated heterocycles. The summed E-state index contributed by atoms with van der Waals surface area (Å²) < 4.78 is 10.3. The van der Waals surface area contributed by atoms with Crippen molar-refractivity contribution in [1.82, 2.24) is 0 Å². The fourth-order valence-electron chi connectivity index (χ4n) is 1.43. The van der Waals surface area contributed by atoms with Gasteiger partial charge in [0, 0.05) is 7.11 Å². The van der Waals surface area contributed by atoms with E-state index in [4.69, 9.17) is 14.6 Å². The maximum atomic E-state index is 10.8. The smallest absolute Gasteiger partial charge is 0.344 e. The minimum atomic E-state index is -0.934. The lowest BCUT2D eigenvalue weighted by atomic mass is 10.1. The first-order valence-corrected chi connectivity index (χ1v) is 5.64. The first-order chi connectivity index (χ1) is 8.17. The Kier molecular flexibility index (Phi) is 5.49. The molecular formula is C13H18O4. The first-order valence-electron chi connectivity index (χ1n) is 5.64. The van der Waals surface area contributed by atoms with Crippen molar-refractivity contribution >= 4 is 5.97 Å². The summed E-state index contributed by atoms with van der Waals surface area (Å²) in [7, 11) is 1.66. The predicted molar refractivity (Wildman–Crippen MR) is 64.4 cm³/mol. The van der Waals surface area contributed by atoms with Crippen LogP contribution in [-0.4, -0.2) is 30.9 Å². The molecule has 1 aromatic rings. The molecule has 4 nitrogen and oxygen atoms in total. The van der Waals surface area contributed by atoms with Crippen LogP contribution in [0.3, 0.4) is 0 Å². The molecule has 0 aliphatic rings. The van der Waals surface area contributed by atoms with Gasteiger partial charge in [-0.3, -0.25) is 0 Å².